The van der Waals surface area contributed by atoms with Gasteiger partial charge >= 0.3 is 0 Å². The molecule has 1 aromatic carbocycles. The van der Waals surface area contributed by atoms with E-state index in [4.69, 9.17) is 5.73 Å². The number of nitrogen functional groups attached to an aromatic ring is 1. The third-order valence-corrected chi connectivity index (χ3v) is 7.07. The van der Waals surface area contributed by atoms with Crippen LogP contribution in [0.3, 0.4) is 0 Å². The van der Waals surface area contributed by atoms with Crippen LogP contribution < -0.4 is 5.73 Å². The third-order valence-electron chi connectivity index (χ3n) is 3.90. The highest BCUT2D eigenvalue weighted by Crippen LogP contribution is 2.28. The van der Waals surface area contributed by atoms with E-state index < -0.39 is 10.0 Å². The standard InChI is InChI=1S/C15H24N2O2S2/c1-2-17(12-13-5-3-6-13)21(18,19)10-9-20-15-8-4-7-14(16)11-15/h4,7-8,11,13H,2-3,5-6,9-10,12,16H2,1H3. The molecule has 0 unspecified atom stereocenters. The smallest absolute Gasteiger partial charge is 0.214 e. The number of nitrogens with two attached hydrogens (primary N) is 1. The molecule has 0 spiro atoms. The fourth-order valence-corrected chi connectivity index (χ4v) is 5.30. The Kier molecular flexibility index (Phi) is 5.96. The van der Waals surface area contributed by atoms with E-state index in [0.29, 0.717) is 30.4 Å². The van der Waals surface area contributed by atoms with E-state index in [1.54, 1.807) is 16.1 Å². The quantitative estimate of drug-likeness (QED) is 0.589. The summed E-state index contributed by atoms with van der Waals surface area (Å²) in [5.41, 5.74) is 6.43. The Bertz CT molecular complexity index is 557. The third kappa shape index (κ3) is 4.90. The molecule has 2 N–H and O–H groups in total. The van der Waals surface area contributed by atoms with Gasteiger partial charge in [-0.15, -0.1) is 11.8 Å². The summed E-state index contributed by atoms with van der Waals surface area (Å²) in [4.78, 5) is 1.02. The van der Waals surface area contributed by atoms with Crippen molar-refractivity contribution in [3.8, 4) is 0 Å². The molecule has 1 aromatic rings. The number of benzene rings is 1. The van der Waals surface area contributed by atoms with Crippen LogP contribution in [-0.2, 0) is 10.0 Å². The van der Waals surface area contributed by atoms with E-state index in [2.05, 4.69) is 0 Å². The summed E-state index contributed by atoms with van der Waals surface area (Å²) in [5, 5.41) is 0. The van der Waals surface area contributed by atoms with Crippen LogP contribution in [0.1, 0.15) is 26.2 Å². The minimum absolute atomic E-state index is 0.188. The lowest BCUT2D eigenvalue weighted by Crippen LogP contribution is -2.39. The van der Waals surface area contributed by atoms with Gasteiger partial charge in [-0.1, -0.05) is 19.4 Å². The molecule has 118 valence electrons. The van der Waals surface area contributed by atoms with Crippen LogP contribution in [0.25, 0.3) is 0 Å². The maximum absolute atomic E-state index is 12.4. The van der Waals surface area contributed by atoms with Crippen molar-refractivity contribution in [2.24, 2.45) is 5.92 Å². The molecule has 0 radical (unpaired) electrons. The van der Waals surface area contributed by atoms with Crippen LogP contribution in [0.15, 0.2) is 29.2 Å². The van der Waals surface area contributed by atoms with Gasteiger partial charge in [0.1, 0.15) is 0 Å². The van der Waals surface area contributed by atoms with E-state index in [1.165, 1.54) is 19.3 Å². The molecule has 1 saturated carbocycles. The zero-order chi connectivity index (χ0) is 15.3. The first kappa shape index (κ1) is 16.6. The van der Waals surface area contributed by atoms with Crippen molar-refractivity contribution in [3.63, 3.8) is 0 Å². The summed E-state index contributed by atoms with van der Waals surface area (Å²) >= 11 is 1.54. The van der Waals surface area contributed by atoms with Gasteiger partial charge in [-0.25, -0.2) is 12.7 Å². The van der Waals surface area contributed by atoms with Crippen molar-refractivity contribution in [3.05, 3.63) is 24.3 Å². The lowest BCUT2D eigenvalue weighted by Gasteiger charge is -2.31. The molecule has 0 heterocycles. The Morgan fingerprint density at radius 2 is 2.14 bits per heavy atom. The topological polar surface area (TPSA) is 63.4 Å². The van der Waals surface area contributed by atoms with Crippen LogP contribution in [-0.4, -0.2) is 37.3 Å². The van der Waals surface area contributed by atoms with Crippen molar-refractivity contribution < 1.29 is 8.42 Å². The molecule has 0 aliphatic heterocycles. The fraction of sp³-hybridized carbons (Fsp3) is 0.600. The van der Waals surface area contributed by atoms with Gasteiger partial charge in [0.25, 0.3) is 0 Å². The molecule has 1 aliphatic rings. The van der Waals surface area contributed by atoms with E-state index in [-0.39, 0.29) is 5.75 Å². The van der Waals surface area contributed by atoms with Crippen LogP contribution in [0.5, 0.6) is 0 Å². The normalized spacial score (nSPS) is 16.1. The van der Waals surface area contributed by atoms with Crippen LogP contribution in [0.4, 0.5) is 5.69 Å². The zero-order valence-electron chi connectivity index (χ0n) is 12.5. The Morgan fingerprint density at radius 3 is 2.71 bits per heavy atom. The number of sulfonamides is 1. The maximum Gasteiger partial charge on any atom is 0.214 e. The number of hydrogen-bond donors (Lipinski definition) is 1. The Balaban J connectivity index is 1.84. The number of anilines is 1. The number of hydrogen-bond acceptors (Lipinski definition) is 4. The first-order valence-electron chi connectivity index (χ1n) is 7.47. The minimum atomic E-state index is -3.14. The number of nitrogens with zero attached hydrogens (tertiary/aromatic N) is 1. The average Bonchev–Trinajstić information content (AvgIpc) is 2.37. The van der Waals surface area contributed by atoms with Gasteiger partial charge in [0.05, 0.1) is 5.75 Å². The van der Waals surface area contributed by atoms with Gasteiger partial charge in [0, 0.05) is 29.4 Å². The summed E-state index contributed by atoms with van der Waals surface area (Å²) in [7, 11) is -3.14. The number of rotatable bonds is 8. The number of thioether (sulfide) groups is 1. The summed E-state index contributed by atoms with van der Waals surface area (Å²) in [6.45, 7) is 3.19. The molecule has 21 heavy (non-hydrogen) atoms. The molecule has 0 bridgehead atoms. The van der Waals surface area contributed by atoms with Gasteiger partial charge in [0.15, 0.2) is 0 Å². The molecule has 0 aromatic heterocycles. The highest BCUT2D eigenvalue weighted by molar-refractivity contribution is 8.00. The van der Waals surface area contributed by atoms with Gasteiger partial charge in [-0.05, 0) is 37.0 Å². The van der Waals surface area contributed by atoms with Crippen molar-refractivity contribution in [1.29, 1.82) is 0 Å². The molecule has 6 heteroatoms. The minimum Gasteiger partial charge on any atom is -0.399 e. The van der Waals surface area contributed by atoms with Gasteiger partial charge in [-0.2, -0.15) is 0 Å². The average molecular weight is 329 g/mol. The second-order valence-corrected chi connectivity index (χ2v) is 8.74. The highest BCUT2D eigenvalue weighted by Gasteiger charge is 2.26. The summed E-state index contributed by atoms with van der Waals surface area (Å²) in [6, 6.07) is 7.56. The summed E-state index contributed by atoms with van der Waals surface area (Å²) < 4.78 is 26.4. The molecule has 2 rings (SSSR count). The van der Waals surface area contributed by atoms with E-state index in [0.717, 1.165) is 4.90 Å². The predicted octanol–water partition coefficient (Wildman–Crippen LogP) is 2.81. The van der Waals surface area contributed by atoms with Crippen molar-refractivity contribution in [2.45, 2.75) is 31.1 Å². The second-order valence-electron chi connectivity index (χ2n) is 5.48. The van der Waals surface area contributed by atoms with Gasteiger partial charge in [-0.3, -0.25) is 0 Å². The van der Waals surface area contributed by atoms with Crippen molar-refractivity contribution >= 4 is 27.5 Å². The van der Waals surface area contributed by atoms with Crippen molar-refractivity contribution in [2.75, 3.05) is 30.3 Å². The van der Waals surface area contributed by atoms with Gasteiger partial charge in [0.2, 0.25) is 10.0 Å². The van der Waals surface area contributed by atoms with Crippen molar-refractivity contribution in [1.82, 2.24) is 4.31 Å². The van der Waals surface area contributed by atoms with Crippen LogP contribution >= 0.6 is 11.8 Å². The molecule has 0 saturated heterocycles. The lowest BCUT2D eigenvalue weighted by atomic mass is 9.85. The zero-order valence-corrected chi connectivity index (χ0v) is 14.1. The van der Waals surface area contributed by atoms with E-state index >= 15 is 0 Å². The monoisotopic (exact) mass is 328 g/mol. The molecular formula is C15H24N2O2S2. The van der Waals surface area contributed by atoms with Crippen LogP contribution in [0.2, 0.25) is 0 Å². The largest absolute Gasteiger partial charge is 0.399 e. The van der Waals surface area contributed by atoms with Crippen LogP contribution in [0, 0.1) is 5.92 Å². The van der Waals surface area contributed by atoms with Gasteiger partial charge < -0.3 is 5.73 Å². The predicted molar refractivity (Wildman–Crippen MR) is 90.0 cm³/mol. The molecule has 0 atom stereocenters. The second kappa shape index (κ2) is 7.51. The Labute approximate surface area is 132 Å². The van der Waals surface area contributed by atoms with E-state index in [1.807, 2.05) is 31.2 Å². The highest BCUT2D eigenvalue weighted by atomic mass is 32.2. The molecule has 1 fully saturated rings. The lowest BCUT2D eigenvalue weighted by molar-refractivity contribution is 0.250. The molecule has 1 aliphatic carbocycles. The molecule has 4 nitrogen and oxygen atoms in total. The Hall–Kier alpha value is -0.720. The first-order chi connectivity index (χ1) is 10.0. The first-order valence-corrected chi connectivity index (χ1v) is 10.1. The molecular weight excluding hydrogens is 304 g/mol. The Morgan fingerprint density at radius 1 is 1.38 bits per heavy atom. The molecule has 0 amide bonds. The summed E-state index contributed by atoms with van der Waals surface area (Å²) in [5.74, 6) is 1.32. The maximum atomic E-state index is 12.4. The SMILES string of the molecule is CCN(CC1CCC1)S(=O)(=O)CCSc1cccc(N)c1. The fourth-order valence-electron chi connectivity index (χ4n) is 2.40. The summed E-state index contributed by atoms with van der Waals surface area (Å²) in [6.07, 6.45) is 3.58. The van der Waals surface area contributed by atoms with E-state index in [9.17, 15) is 8.42 Å².